The summed E-state index contributed by atoms with van der Waals surface area (Å²) in [6.07, 6.45) is 13.3. The first-order chi connectivity index (χ1) is 15.7. The summed E-state index contributed by atoms with van der Waals surface area (Å²) in [6.45, 7) is 7.30. The van der Waals surface area contributed by atoms with E-state index in [1.54, 1.807) is 0 Å². The van der Waals surface area contributed by atoms with Gasteiger partial charge in [0.25, 0.3) is 0 Å². The van der Waals surface area contributed by atoms with E-state index < -0.39 is 0 Å². The first-order valence-electron chi connectivity index (χ1n) is 12.7. The number of carbonyl (C=O) groups is 1. The zero-order valence-corrected chi connectivity index (χ0v) is 20.4. The minimum Gasteiger partial charge on any atom is -0.423 e. The van der Waals surface area contributed by atoms with Crippen LogP contribution in [0.25, 0.3) is 0 Å². The van der Waals surface area contributed by atoms with E-state index in [-0.39, 0.29) is 12.1 Å². The molecule has 1 unspecified atom stereocenters. The van der Waals surface area contributed by atoms with Crippen LogP contribution in [0.1, 0.15) is 113 Å². The number of hydrogen-bond acceptors (Lipinski definition) is 3. The summed E-state index contributed by atoms with van der Waals surface area (Å²) in [5.74, 6) is 0.368. The summed E-state index contributed by atoms with van der Waals surface area (Å²) in [4.78, 5) is 12.7. The molecule has 3 nitrogen and oxygen atoms in total. The van der Waals surface area contributed by atoms with Crippen LogP contribution in [0.15, 0.2) is 48.5 Å². The van der Waals surface area contributed by atoms with Gasteiger partial charge in [0.2, 0.25) is 0 Å². The van der Waals surface area contributed by atoms with Gasteiger partial charge in [-0.2, -0.15) is 0 Å². The van der Waals surface area contributed by atoms with Gasteiger partial charge < -0.3 is 9.47 Å². The van der Waals surface area contributed by atoms with Gasteiger partial charge in [-0.25, -0.2) is 4.79 Å². The number of aryl methyl sites for hydroxylation is 1. The lowest BCUT2D eigenvalue weighted by molar-refractivity contribution is 0.0626. The van der Waals surface area contributed by atoms with Crippen molar-refractivity contribution in [2.45, 2.75) is 97.5 Å². The van der Waals surface area contributed by atoms with Crippen LogP contribution in [0, 0.1) is 0 Å². The molecule has 0 aliphatic heterocycles. The quantitative estimate of drug-likeness (QED) is 0.150. The number of carbonyl (C=O) groups excluding carboxylic acids is 1. The summed E-state index contributed by atoms with van der Waals surface area (Å²) in [5, 5.41) is 0. The Balaban J connectivity index is 1.82. The highest BCUT2D eigenvalue weighted by Crippen LogP contribution is 2.23. The Morgan fingerprint density at radius 3 is 2.12 bits per heavy atom. The number of benzene rings is 2. The second-order valence-corrected chi connectivity index (χ2v) is 8.71. The largest absolute Gasteiger partial charge is 0.423 e. The Morgan fingerprint density at radius 2 is 1.41 bits per heavy atom. The SMILES string of the molecule is CCCCCCCCOC(C)c1ccc(C(=O)Oc2ccccc2CCCCCC)cc1. The molecule has 3 heteroatoms. The Kier molecular flexibility index (Phi) is 12.8. The minimum atomic E-state index is -0.307. The molecular weight excluding hydrogens is 396 g/mol. The topological polar surface area (TPSA) is 35.5 Å². The second kappa shape index (κ2) is 15.6. The van der Waals surface area contributed by atoms with Crippen LogP contribution in [-0.2, 0) is 11.2 Å². The zero-order chi connectivity index (χ0) is 23.0. The highest BCUT2D eigenvalue weighted by molar-refractivity contribution is 5.91. The Morgan fingerprint density at radius 1 is 0.781 bits per heavy atom. The predicted octanol–water partition coefficient (Wildman–Crippen LogP) is 8.47. The summed E-state index contributed by atoms with van der Waals surface area (Å²) < 4.78 is 11.7. The van der Waals surface area contributed by atoms with Crippen molar-refractivity contribution < 1.29 is 14.3 Å². The monoisotopic (exact) mass is 438 g/mol. The summed E-state index contributed by atoms with van der Waals surface area (Å²) in [5.41, 5.74) is 2.76. The lowest BCUT2D eigenvalue weighted by atomic mass is 10.1. The van der Waals surface area contributed by atoms with E-state index in [9.17, 15) is 4.79 Å². The van der Waals surface area contributed by atoms with Crippen molar-refractivity contribution in [2.24, 2.45) is 0 Å². The van der Waals surface area contributed by atoms with E-state index in [0.717, 1.165) is 37.0 Å². The fourth-order valence-electron chi connectivity index (χ4n) is 3.84. The van der Waals surface area contributed by atoms with Crippen molar-refractivity contribution in [2.75, 3.05) is 6.61 Å². The van der Waals surface area contributed by atoms with Gasteiger partial charge in [-0.1, -0.05) is 95.5 Å². The predicted molar refractivity (Wildman–Crippen MR) is 133 cm³/mol. The van der Waals surface area contributed by atoms with E-state index in [1.165, 1.54) is 51.4 Å². The number of unbranched alkanes of at least 4 members (excludes halogenated alkanes) is 8. The Bertz CT molecular complexity index is 766. The average Bonchev–Trinajstić information content (AvgIpc) is 2.82. The third-order valence-electron chi connectivity index (χ3n) is 5.96. The molecule has 176 valence electrons. The molecule has 0 amide bonds. The maximum atomic E-state index is 12.7. The van der Waals surface area contributed by atoms with Crippen molar-refractivity contribution >= 4 is 5.97 Å². The standard InChI is InChI=1S/C29H42O3/c1-4-6-8-10-11-15-23-31-24(3)25-19-21-27(22-20-25)29(30)32-28-18-14-13-17-26(28)16-12-9-7-5-2/h13-14,17-22,24H,4-12,15-16,23H2,1-3H3. The molecule has 2 aromatic rings. The normalized spacial score (nSPS) is 12.0. The highest BCUT2D eigenvalue weighted by atomic mass is 16.5. The molecule has 0 heterocycles. The number of hydrogen-bond donors (Lipinski definition) is 0. The van der Waals surface area contributed by atoms with Gasteiger partial charge in [0.1, 0.15) is 5.75 Å². The molecule has 0 radical (unpaired) electrons. The average molecular weight is 439 g/mol. The molecule has 0 aromatic heterocycles. The third-order valence-corrected chi connectivity index (χ3v) is 5.96. The van der Waals surface area contributed by atoms with Crippen LogP contribution in [0.4, 0.5) is 0 Å². The fourth-order valence-corrected chi connectivity index (χ4v) is 3.84. The second-order valence-electron chi connectivity index (χ2n) is 8.71. The Labute approximate surface area is 195 Å². The van der Waals surface area contributed by atoms with Crippen LogP contribution in [0.3, 0.4) is 0 Å². The summed E-state index contributed by atoms with van der Waals surface area (Å²) in [6, 6.07) is 15.5. The molecule has 0 spiro atoms. The minimum absolute atomic E-state index is 0.0274. The molecule has 0 fully saturated rings. The molecule has 0 saturated carbocycles. The van der Waals surface area contributed by atoms with Gasteiger partial charge in [0, 0.05) is 6.61 Å². The van der Waals surface area contributed by atoms with Crippen molar-refractivity contribution in [3.8, 4) is 5.75 Å². The van der Waals surface area contributed by atoms with E-state index in [2.05, 4.69) is 26.8 Å². The zero-order valence-electron chi connectivity index (χ0n) is 20.4. The van der Waals surface area contributed by atoms with Gasteiger partial charge in [0.05, 0.1) is 11.7 Å². The first kappa shape index (κ1) is 26.1. The lowest BCUT2D eigenvalue weighted by Gasteiger charge is -2.14. The van der Waals surface area contributed by atoms with E-state index in [4.69, 9.17) is 9.47 Å². The van der Waals surface area contributed by atoms with Gasteiger partial charge >= 0.3 is 5.97 Å². The van der Waals surface area contributed by atoms with Crippen LogP contribution in [0.2, 0.25) is 0 Å². The maximum Gasteiger partial charge on any atom is 0.343 e. The van der Waals surface area contributed by atoms with Gasteiger partial charge in [-0.15, -0.1) is 0 Å². The molecule has 0 N–H and O–H groups in total. The van der Waals surface area contributed by atoms with Crippen molar-refractivity contribution in [1.29, 1.82) is 0 Å². The van der Waals surface area contributed by atoms with E-state index >= 15 is 0 Å². The van der Waals surface area contributed by atoms with Crippen molar-refractivity contribution in [1.82, 2.24) is 0 Å². The lowest BCUT2D eigenvalue weighted by Crippen LogP contribution is -2.10. The molecule has 1 atom stereocenters. The molecule has 2 rings (SSSR count). The van der Waals surface area contributed by atoms with Crippen molar-refractivity contribution in [3.63, 3.8) is 0 Å². The molecular formula is C29H42O3. The van der Waals surface area contributed by atoms with Crippen molar-refractivity contribution in [3.05, 3.63) is 65.2 Å². The molecule has 0 aliphatic carbocycles. The summed E-state index contributed by atoms with van der Waals surface area (Å²) >= 11 is 0. The van der Waals surface area contributed by atoms with Crippen LogP contribution in [0.5, 0.6) is 5.75 Å². The number of esters is 1. The smallest absolute Gasteiger partial charge is 0.343 e. The molecule has 2 aromatic carbocycles. The highest BCUT2D eigenvalue weighted by Gasteiger charge is 2.13. The molecule has 0 bridgehead atoms. The number of ether oxygens (including phenoxy) is 2. The molecule has 0 aliphatic rings. The third kappa shape index (κ3) is 9.56. The van der Waals surface area contributed by atoms with Crippen LogP contribution >= 0.6 is 0 Å². The number of rotatable bonds is 16. The van der Waals surface area contributed by atoms with Gasteiger partial charge in [-0.3, -0.25) is 0 Å². The molecule has 32 heavy (non-hydrogen) atoms. The Hall–Kier alpha value is -2.13. The van der Waals surface area contributed by atoms with Crippen LogP contribution < -0.4 is 4.74 Å². The summed E-state index contributed by atoms with van der Waals surface area (Å²) in [7, 11) is 0. The van der Waals surface area contributed by atoms with Gasteiger partial charge in [-0.05, 0) is 55.5 Å². The fraction of sp³-hybridized carbons (Fsp3) is 0.552. The van der Waals surface area contributed by atoms with Crippen LogP contribution in [-0.4, -0.2) is 12.6 Å². The maximum absolute atomic E-state index is 12.7. The van der Waals surface area contributed by atoms with E-state index in [1.807, 2.05) is 42.5 Å². The number of para-hydroxylation sites is 1. The van der Waals surface area contributed by atoms with E-state index in [0.29, 0.717) is 11.3 Å². The first-order valence-corrected chi connectivity index (χ1v) is 12.7. The van der Waals surface area contributed by atoms with Gasteiger partial charge in [0.15, 0.2) is 0 Å². The molecule has 0 saturated heterocycles.